The monoisotopic (exact) mass is 195 g/mol. The number of rotatable bonds is 3. The molecule has 0 aliphatic carbocycles. The number of likely N-dealkylation sites (N-methyl/N-ethyl adjacent to an activating group) is 1. The lowest BCUT2D eigenvalue weighted by atomic mass is 10.2. The van der Waals surface area contributed by atoms with Crippen molar-refractivity contribution in [1.82, 2.24) is 9.88 Å². The molecule has 1 aromatic rings. The lowest BCUT2D eigenvalue weighted by molar-refractivity contribution is 0.512. The highest BCUT2D eigenvalue weighted by atomic mass is 32.1. The zero-order valence-corrected chi connectivity index (χ0v) is 8.42. The van der Waals surface area contributed by atoms with Crippen LogP contribution in [0.15, 0.2) is 24.5 Å². The third kappa shape index (κ3) is 3.38. The van der Waals surface area contributed by atoms with Gasteiger partial charge in [0.05, 0.1) is 0 Å². The van der Waals surface area contributed by atoms with Crippen molar-refractivity contribution in [1.29, 1.82) is 0 Å². The van der Waals surface area contributed by atoms with Gasteiger partial charge in [0.2, 0.25) is 0 Å². The van der Waals surface area contributed by atoms with Crippen LogP contribution in [0.25, 0.3) is 0 Å². The molecule has 0 aromatic carbocycles. The van der Waals surface area contributed by atoms with Crippen molar-refractivity contribution in [3.8, 4) is 0 Å². The SMILES string of the molecule is CN(CCc1ccncc1)C(N)=S. The predicted octanol–water partition coefficient (Wildman–Crippen LogP) is 0.800. The normalized spacial score (nSPS) is 9.62. The van der Waals surface area contributed by atoms with E-state index in [4.69, 9.17) is 18.0 Å². The molecule has 1 rings (SSSR count). The van der Waals surface area contributed by atoms with Crippen LogP contribution in [-0.4, -0.2) is 28.6 Å². The summed E-state index contributed by atoms with van der Waals surface area (Å²) in [5, 5.41) is 0.439. The van der Waals surface area contributed by atoms with Crippen molar-refractivity contribution >= 4 is 17.3 Å². The first kappa shape index (κ1) is 9.92. The van der Waals surface area contributed by atoms with Gasteiger partial charge in [-0.15, -0.1) is 0 Å². The minimum atomic E-state index is 0.439. The van der Waals surface area contributed by atoms with Crippen LogP contribution in [0, 0.1) is 0 Å². The van der Waals surface area contributed by atoms with E-state index in [-0.39, 0.29) is 0 Å². The molecule has 1 heterocycles. The molecule has 0 spiro atoms. The van der Waals surface area contributed by atoms with Gasteiger partial charge in [-0.3, -0.25) is 4.98 Å². The molecule has 3 nitrogen and oxygen atoms in total. The minimum absolute atomic E-state index is 0.439. The first-order valence-electron chi connectivity index (χ1n) is 4.09. The molecule has 1 aromatic heterocycles. The fourth-order valence-electron chi connectivity index (χ4n) is 0.956. The van der Waals surface area contributed by atoms with Gasteiger partial charge in [0.25, 0.3) is 0 Å². The average molecular weight is 195 g/mol. The summed E-state index contributed by atoms with van der Waals surface area (Å²) in [4.78, 5) is 5.80. The zero-order chi connectivity index (χ0) is 9.68. The first-order valence-corrected chi connectivity index (χ1v) is 4.50. The second kappa shape index (κ2) is 4.77. The van der Waals surface area contributed by atoms with Gasteiger partial charge < -0.3 is 10.6 Å². The standard InChI is InChI=1S/C9H13N3S/c1-12(9(10)13)7-4-8-2-5-11-6-3-8/h2-3,5-6H,4,7H2,1H3,(H2,10,13). The number of nitrogens with two attached hydrogens (primary N) is 1. The number of nitrogens with zero attached hydrogens (tertiary/aromatic N) is 2. The molecular formula is C9H13N3S. The molecule has 0 amide bonds. The van der Waals surface area contributed by atoms with Crippen molar-refractivity contribution in [3.63, 3.8) is 0 Å². The highest BCUT2D eigenvalue weighted by molar-refractivity contribution is 7.80. The summed E-state index contributed by atoms with van der Waals surface area (Å²) >= 11 is 4.82. The Morgan fingerprint density at radius 2 is 2.15 bits per heavy atom. The van der Waals surface area contributed by atoms with Crippen LogP contribution in [0.5, 0.6) is 0 Å². The van der Waals surface area contributed by atoms with Gasteiger partial charge >= 0.3 is 0 Å². The molecule has 4 heteroatoms. The van der Waals surface area contributed by atoms with Crippen LogP contribution in [0.3, 0.4) is 0 Å². The van der Waals surface area contributed by atoms with E-state index >= 15 is 0 Å². The summed E-state index contributed by atoms with van der Waals surface area (Å²) in [6.07, 6.45) is 4.52. The topological polar surface area (TPSA) is 42.2 Å². The smallest absolute Gasteiger partial charge is 0.166 e. The molecular weight excluding hydrogens is 182 g/mol. The molecule has 0 saturated carbocycles. The third-order valence-electron chi connectivity index (χ3n) is 1.86. The summed E-state index contributed by atoms with van der Waals surface area (Å²) in [6, 6.07) is 3.99. The van der Waals surface area contributed by atoms with Gasteiger partial charge in [-0.05, 0) is 36.3 Å². The maximum Gasteiger partial charge on any atom is 0.166 e. The fourth-order valence-corrected chi connectivity index (χ4v) is 1.05. The largest absolute Gasteiger partial charge is 0.376 e. The maximum absolute atomic E-state index is 5.45. The molecule has 0 unspecified atom stereocenters. The second-order valence-corrected chi connectivity index (χ2v) is 3.28. The number of aromatic nitrogens is 1. The Morgan fingerprint density at radius 1 is 1.54 bits per heavy atom. The molecule has 70 valence electrons. The van der Waals surface area contributed by atoms with Gasteiger partial charge in [-0.1, -0.05) is 0 Å². The van der Waals surface area contributed by atoms with Crippen LogP contribution < -0.4 is 5.73 Å². The van der Waals surface area contributed by atoms with Gasteiger partial charge in [-0.2, -0.15) is 0 Å². The van der Waals surface area contributed by atoms with Crippen molar-refractivity contribution in [2.24, 2.45) is 5.73 Å². The van der Waals surface area contributed by atoms with Gasteiger partial charge in [0.1, 0.15) is 0 Å². The highest BCUT2D eigenvalue weighted by Gasteiger charge is 1.98. The van der Waals surface area contributed by atoms with Crippen LogP contribution in [0.1, 0.15) is 5.56 Å². The molecule has 2 N–H and O–H groups in total. The fraction of sp³-hybridized carbons (Fsp3) is 0.333. The van der Waals surface area contributed by atoms with E-state index in [9.17, 15) is 0 Å². The molecule has 0 bridgehead atoms. The number of hydrogen-bond acceptors (Lipinski definition) is 2. The van der Waals surface area contributed by atoms with Crippen LogP contribution in [-0.2, 0) is 6.42 Å². The van der Waals surface area contributed by atoms with E-state index in [2.05, 4.69) is 4.98 Å². The summed E-state index contributed by atoms with van der Waals surface area (Å²) in [7, 11) is 1.89. The molecule has 0 fully saturated rings. The Balaban J connectivity index is 2.39. The van der Waals surface area contributed by atoms with Crippen molar-refractivity contribution in [2.45, 2.75) is 6.42 Å². The molecule has 13 heavy (non-hydrogen) atoms. The van der Waals surface area contributed by atoms with E-state index in [1.165, 1.54) is 5.56 Å². The molecule has 0 aliphatic rings. The van der Waals surface area contributed by atoms with Crippen molar-refractivity contribution in [3.05, 3.63) is 30.1 Å². The Hall–Kier alpha value is -1.16. The van der Waals surface area contributed by atoms with E-state index in [0.717, 1.165) is 13.0 Å². The summed E-state index contributed by atoms with van der Waals surface area (Å²) in [5.74, 6) is 0. The van der Waals surface area contributed by atoms with Crippen LogP contribution >= 0.6 is 12.2 Å². The predicted molar refractivity (Wildman–Crippen MR) is 57.4 cm³/mol. The number of hydrogen-bond donors (Lipinski definition) is 1. The Labute approximate surface area is 83.6 Å². The molecule has 0 saturated heterocycles. The van der Waals surface area contributed by atoms with Gasteiger partial charge in [-0.25, -0.2) is 0 Å². The van der Waals surface area contributed by atoms with Crippen LogP contribution in [0.4, 0.5) is 0 Å². The minimum Gasteiger partial charge on any atom is -0.376 e. The summed E-state index contributed by atoms with van der Waals surface area (Å²) in [6.45, 7) is 0.847. The molecule has 0 aliphatic heterocycles. The third-order valence-corrected chi connectivity index (χ3v) is 2.17. The van der Waals surface area contributed by atoms with Crippen molar-refractivity contribution < 1.29 is 0 Å². The zero-order valence-electron chi connectivity index (χ0n) is 7.60. The van der Waals surface area contributed by atoms with Gasteiger partial charge in [0.15, 0.2) is 5.11 Å². The average Bonchev–Trinajstić information content (AvgIpc) is 2.15. The number of thiocarbonyl (C=S) groups is 1. The van der Waals surface area contributed by atoms with Gasteiger partial charge in [0, 0.05) is 26.0 Å². The Bertz CT molecular complexity index is 273. The molecule has 0 atom stereocenters. The van der Waals surface area contributed by atoms with E-state index in [1.54, 1.807) is 12.4 Å². The lowest BCUT2D eigenvalue weighted by Crippen LogP contribution is -2.33. The van der Waals surface area contributed by atoms with E-state index in [1.807, 2.05) is 24.1 Å². The highest BCUT2D eigenvalue weighted by Crippen LogP contribution is 1.98. The quantitative estimate of drug-likeness (QED) is 0.724. The maximum atomic E-state index is 5.45. The Morgan fingerprint density at radius 3 is 2.69 bits per heavy atom. The van der Waals surface area contributed by atoms with Crippen LogP contribution in [0.2, 0.25) is 0 Å². The first-order chi connectivity index (χ1) is 6.20. The Kier molecular flexibility index (Phi) is 3.64. The second-order valence-electron chi connectivity index (χ2n) is 2.87. The summed E-state index contributed by atoms with van der Waals surface area (Å²) < 4.78 is 0. The summed E-state index contributed by atoms with van der Waals surface area (Å²) in [5.41, 5.74) is 6.69. The lowest BCUT2D eigenvalue weighted by Gasteiger charge is -2.16. The number of pyridine rings is 1. The van der Waals surface area contributed by atoms with E-state index < -0.39 is 0 Å². The van der Waals surface area contributed by atoms with E-state index in [0.29, 0.717) is 5.11 Å². The van der Waals surface area contributed by atoms with Crippen molar-refractivity contribution in [2.75, 3.05) is 13.6 Å². The molecule has 0 radical (unpaired) electrons.